The van der Waals surface area contributed by atoms with Crippen molar-refractivity contribution in [3.05, 3.63) is 101 Å². The fourth-order valence-corrected chi connectivity index (χ4v) is 3.84. The molecule has 28 heavy (non-hydrogen) atoms. The number of likely N-dealkylation sites (tertiary alicyclic amines) is 1. The van der Waals surface area contributed by atoms with Gasteiger partial charge >= 0.3 is 0 Å². The van der Waals surface area contributed by atoms with Crippen LogP contribution in [0.25, 0.3) is 0 Å². The van der Waals surface area contributed by atoms with Crippen molar-refractivity contribution in [1.29, 1.82) is 0 Å². The van der Waals surface area contributed by atoms with Gasteiger partial charge in [-0.2, -0.15) is 0 Å². The van der Waals surface area contributed by atoms with Crippen LogP contribution in [0.5, 0.6) is 0 Å². The molecule has 1 aliphatic rings. The zero-order valence-corrected chi connectivity index (χ0v) is 15.7. The van der Waals surface area contributed by atoms with Crippen LogP contribution in [0.2, 0.25) is 0 Å². The van der Waals surface area contributed by atoms with Crippen molar-refractivity contribution in [2.24, 2.45) is 0 Å². The molecule has 0 spiro atoms. The van der Waals surface area contributed by atoms with E-state index < -0.39 is 0 Å². The summed E-state index contributed by atoms with van der Waals surface area (Å²) >= 11 is 0. The summed E-state index contributed by atoms with van der Waals surface area (Å²) in [5.41, 5.74) is 4.03. The first-order chi connectivity index (χ1) is 13.7. The molecule has 1 atom stereocenters. The number of amides is 1. The predicted octanol–water partition coefficient (Wildman–Crippen LogP) is 4.72. The van der Waals surface area contributed by atoms with Gasteiger partial charge < -0.3 is 4.90 Å². The van der Waals surface area contributed by atoms with Gasteiger partial charge in [-0.1, -0.05) is 48.5 Å². The van der Waals surface area contributed by atoms with Crippen molar-refractivity contribution in [2.45, 2.75) is 31.7 Å². The molecule has 1 fully saturated rings. The third-order valence-electron chi connectivity index (χ3n) is 5.24. The van der Waals surface area contributed by atoms with Crippen LogP contribution in [0.1, 0.15) is 41.4 Å². The van der Waals surface area contributed by atoms with Crippen LogP contribution >= 0.6 is 0 Å². The van der Waals surface area contributed by atoms with Crippen molar-refractivity contribution in [1.82, 2.24) is 9.88 Å². The number of benzene rings is 2. The molecule has 2 heterocycles. The van der Waals surface area contributed by atoms with E-state index >= 15 is 0 Å². The molecule has 0 radical (unpaired) electrons. The second-order valence-corrected chi connectivity index (χ2v) is 7.26. The average molecular weight is 374 g/mol. The summed E-state index contributed by atoms with van der Waals surface area (Å²) in [4.78, 5) is 19.7. The largest absolute Gasteiger partial charge is 0.334 e. The number of nitrogens with zero attached hydrogens (tertiary/aromatic N) is 2. The van der Waals surface area contributed by atoms with E-state index in [0.717, 1.165) is 42.8 Å². The van der Waals surface area contributed by atoms with Crippen molar-refractivity contribution >= 4 is 5.91 Å². The van der Waals surface area contributed by atoms with E-state index in [1.165, 1.54) is 17.7 Å². The molecule has 3 aromatic rings. The van der Waals surface area contributed by atoms with Crippen molar-refractivity contribution in [2.75, 3.05) is 6.54 Å². The second kappa shape index (κ2) is 8.34. The number of pyridine rings is 1. The molecule has 0 N–H and O–H groups in total. The Hall–Kier alpha value is -3.01. The van der Waals surface area contributed by atoms with Crippen molar-refractivity contribution in [3.8, 4) is 0 Å². The van der Waals surface area contributed by atoms with Gasteiger partial charge in [0.1, 0.15) is 5.82 Å². The molecule has 4 heteroatoms. The van der Waals surface area contributed by atoms with Crippen LogP contribution in [-0.2, 0) is 17.6 Å². The third-order valence-corrected chi connectivity index (χ3v) is 5.24. The summed E-state index contributed by atoms with van der Waals surface area (Å²) in [5, 5.41) is 0. The topological polar surface area (TPSA) is 33.2 Å². The number of carbonyl (C=O) groups is 1. The Labute approximate surface area is 164 Å². The Morgan fingerprint density at radius 2 is 1.75 bits per heavy atom. The average Bonchev–Trinajstić information content (AvgIpc) is 3.21. The van der Waals surface area contributed by atoms with Crippen LogP contribution in [0.15, 0.2) is 72.8 Å². The number of halogens is 1. The van der Waals surface area contributed by atoms with Crippen LogP contribution in [-0.4, -0.2) is 22.3 Å². The standard InChI is InChI=1S/C24H23FN2O/c25-20-13-11-19(12-14-20)17-24(28)27-15-5-10-23(27)22-9-4-8-21(26-22)16-18-6-2-1-3-7-18/h1-4,6-9,11-14,23H,5,10,15-17H2. The highest BCUT2D eigenvalue weighted by Crippen LogP contribution is 2.31. The lowest BCUT2D eigenvalue weighted by Crippen LogP contribution is -2.32. The van der Waals surface area contributed by atoms with E-state index in [1.807, 2.05) is 41.3 Å². The first-order valence-corrected chi connectivity index (χ1v) is 9.73. The summed E-state index contributed by atoms with van der Waals surface area (Å²) in [6, 6.07) is 22.5. The molecular weight excluding hydrogens is 351 g/mol. The van der Waals surface area contributed by atoms with E-state index in [2.05, 4.69) is 12.1 Å². The molecule has 0 aliphatic carbocycles. The molecule has 4 rings (SSSR count). The molecule has 1 saturated heterocycles. The maximum atomic E-state index is 13.1. The van der Waals surface area contributed by atoms with Gasteiger partial charge in [0.15, 0.2) is 0 Å². The lowest BCUT2D eigenvalue weighted by atomic mass is 10.1. The number of hydrogen-bond acceptors (Lipinski definition) is 2. The Balaban J connectivity index is 1.49. The highest BCUT2D eigenvalue weighted by Gasteiger charge is 2.30. The van der Waals surface area contributed by atoms with Crippen LogP contribution in [0, 0.1) is 5.82 Å². The van der Waals surface area contributed by atoms with Gasteiger partial charge in [-0.15, -0.1) is 0 Å². The van der Waals surface area contributed by atoms with Gasteiger partial charge in [-0.25, -0.2) is 4.39 Å². The molecule has 0 saturated carbocycles. The van der Waals surface area contributed by atoms with E-state index in [9.17, 15) is 9.18 Å². The smallest absolute Gasteiger partial charge is 0.227 e. The van der Waals surface area contributed by atoms with E-state index in [-0.39, 0.29) is 17.8 Å². The summed E-state index contributed by atoms with van der Waals surface area (Å²) in [7, 11) is 0. The number of aromatic nitrogens is 1. The van der Waals surface area contributed by atoms with Gasteiger partial charge in [0.25, 0.3) is 0 Å². The summed E-state index contributed by atoms with van der Waals surface area (Å²) in [6.07, 6.45) is 2.98. The summed E-state index contributed by atoms with van der Waals surface area (Å²) in [5.74, 6) is -0.209. The Morgan fingerprint density at radius 3 is 2.54 bits per heavy atom. The monoisotopic (exact) mass is 374 g/mol. The van der Waals surface area contributed by atoms with Gasteiger partial charge in [0, 0.05) is 18.7 Å². The SMILES string of the molecule is O=C(Cc1ccc(F)cc1)N1CCCC1c1cccc(Cc2ccccc2)n1. The van der Waals surface area contributed by atoms with Crippen LogP contribution in [0.4, 0.5) is 4.39 Å². The zero-order valence-electron chi connectivity index (χ0n) is 15.7. The van der Waals surface area contributed by atoms with E-state index in [1.54, 1.807) is 12.1 Å². The molecule has 1 aliphatic heterocycles. The summed E-state index contributed by atoms with van der Waals surface area (Å²) in [6.45, 7) is 0.745. The Kier molecular flexibility index (Phi) is 5.47. The maximum Gasteiger partial charge on any atom is 0.227 e. The molecule has 1 amide bonds. The van der Waals surface area contributed by atoms with E-state index in [0.29, 0.717) is 6.42 Å². The quantitative estimate of drug-likeness (QED) is 0.648. The second-order valence-electron chi connectivity index (χ2n) is 7.26. The van der Waals surface area contributed by atoms with Gasteiger partial charge in [0.2, 0.25) is 5.91 Å². The molecule has 3 nitrogen and oxygen atoms in total. The minimum atomic E-state index is -0.283. The van der Waals surface area contributed by atoms with Gasteiger partial charge in [0.05, 0.1) is 18.2 Å². The maximum absolute atomic E-state index is 13.1. The first kappa shape index (κ1) is 18.4. The van der Waals surface area contributed by atoms with Gasteiger partial charge in [-0.05, 0) is 48.2 Å². The number of rotatable bonds is 5. The number of carbonyl (C=O) groups excluding carboxylic acids is 1. The Morgan fingerprint density at radius 1 is 0.964 bits per heavy atom. The molecule has 1 aromatic heterocycles. The van der Waals surface area contributed by atoms with Crippen LogP contribution < -0.4 is 0 Å². The molecular formula is C24H23FN2O. The normalized spacial score (nSPS) is 16.3. The van der Waals surface area contributed by atoms with Gasteiger partial charge in [-0.3, -0.25) is 9.78 Å². The zero-order chi connectivity index (χ0) is 19.3. The minimum absolute atomic E-state index is 0.0173. The minimum Gasteiger partial charge on any atom is -0.334 e. The molecule has 0 bridgehead atoms. The molecule has 142 valence electrons. The van der Waals surface area contributed by atoms with Crippen LogP contribution in [0.3, 0.4) is 0 Å². The van der Waals surface area contributed by atoms with Crippen molar-refractivity contribution in [3.63, 3.8) is 0 Å². The lowest BCUT2D eigenvalue weighted by molar-refractivity contribution is -0.131. The predicted molar refractivity (Wildman–Crippen MR) is 107 cm³/mol. The lowest BCUT2D eigenvalue weighted by Gasteiger charge is -2.25. The third kappa shape index (κ3) is 4.28. The molecule has 1 unspecified atom stereocenters. The fraction of sp³-hybridized carbons (Fsp3) is 0.250. The number of hydrogen-bond donors (Lipinski definition) is 0. The highest BCUT2D eigenvalue weighted by atomic mass is 19.1. The first-order valence-electron chi connectivity index (χ1n) is 9.73. The van der Waals surface area contributed by atoms with Crippen molar-refractivity contribution < 1.29 is 9.18 Å². The summed E-state index contributed by atoms with van der Waals surface area (Å²) < 4.78 is 13.1. The van der Waals surface area contributed by atoms with E-state index in [4.69, 9.17) is 4.98 Å². The highest BCUT2D eigenvalue weighted by molar-refractivity contribution is 5.79. The molecule has 2 aromatic carbocycles. The fourth-order valence-electron chi connectivity index (χ4n) is 3.84. The Bertz CT molecular complexity index is 940.